The maximum Gasteiger partial charge on any atom is 0.222 e. The molecule has 158 valence electrons. The molecule has 0 saturated carbocycles. The zero-order chi connectivity index (χ0) is 19.7. The molecular formula is C17H26ClIN4O3S2. The van der Waals surface area contributed by atoms with E-state index in [-0.39, 0.29) is 53.9 Å². The van der Waals surface area contributed by atoms with Crippen LogP contribution in [0.25, 0.3) is 0 Å². The number of rotatable bonds is 8. The predicted octanol–water partition coefficient (Wildman–Crippen LogP) is 1.91. The van der Waals surface area contributed by atoms with E-state index < -0.39 is 9.84 Å². The molecule has 11 heteroatoms. The van der Waals surface area contributed by atoms with Crippen molar-refractivity contribution < 1.29 is 13.2 Å². The quantitative estimate of drug-likeness (QED) is 0.148. The van der Waals surface area contributed by atoms with E-state index in [2.05, 4.69) is 20.9 Å². The van der Waals surface area contributed by atoms with Gasteiger partial charge in [0, 0.05) is 48.3 Å². The second-order valence-corrected chi connectivity index (χ2v) is 9.98. The Morgan fingerprint density at radius 3 is 2.54 bits per heavy atom. The molecule has 1 atom stereocenters. The molecule has 0 aromatic heterocycles. The van der Waals surface area contributed by atoms with Gasteiger partial charge in [-0.25, -0.2) is 8.42 Å². The number of guanidine groups is 1. The van der Waals surface area contributed by atoms with E-state index in [0.717, 1.165) is 22.2 Å². The van der Waals surface area contributed by atoms with E-state index in [1.54, 1.807) is 18.8 Å². The van der Waals surface area contributed by atoms with Crippen molar-refractivity contribution in [1.82, 2.24) is 16.0 Å². The number of sulfone groups is 1. The lowest BCUT2D eigenvalue weighted by atomic mass is 10.2. The lowest BCUT2D eigenvalue weighted by molar-refractivity contribution is -0.121. The van der Waals surface area contributed by atoms with Crippen molar-refractivity contribution in [3.05, 3.63) is 29.3 Å². The third kappa shape index (κ3) is 9.66. The maximum absolute atomic E-state index is 11.9. The molecule has 1 aromatic rings. The van der Waals surface area contributed by atoms with Crippen molar-refractivity contribution in [3.63, 3.8) is 0 Å². The van der Waals surface area contributed by atoms with Crippen molar-refractivity contribution in [3.8, 4) is 0 Å². The summed E-state index contributed by atoms with van der Waals surface area (Å²) in [5.74, 6) is 1.53. The van der Waals surface area contributed by atoms with Gasteiger partial charge >= 0.3 is 0 Å². The van der Waals surface area contributed by atoms with Gasteiger partial charge in [-0.3, -0.25) is 9.79 Å². The van der Waals surface area contributed by atoms with Gasteiger partial charge in [0.25, 0.3) is 0 Å². The Morgan fingerprint density at radius 2 is 1.93 bits per heavy atom. The molecule has 7 nitrogen and oxygen atoms in total. The topological polar surface area (TPSA) is 99.7 Å². The van der Waals surface area contributed by atoms with E-state index in [1.807, 2.05) is 24.3 Å². The molecule has 1 aliphatic rings. The Morgan fingerprint density at radius 1 is 1.25 bits per heavy atom. The molecule has 28 heavy (non-hydrogen) atoms. The number of hydrogen-bond acceptors (Lipinski definition) is 5. The smallest absolute Gasteiger partial charge is 0.222 e. The fourth-order valence-corrected chi connectivity index (χ4v) is 5.16. The molecule has 0 radical (unpaired) electrons. The third-order valence-corrected chi connectivity index (χ3v) is 6.98. The molecule has 1 amide bonds. The van der Waals surface area contributed by atoms with Crippen LogP contribution < -0.4 is 16.0 Å². The van der Waals surface area contributed by atoms with Crippen LogP contribution in [0.15, 0.2) is 34.2 Å². The molecular weight excluding hydrogens is 535 g/mol. The Balaban J connectivity index is 0.00000392. The van der Waals surface area contributed by atoms with Crippen molar-refractivity contribution >= 4 is 69.0 Å². The molecule has 3 N–H and O–H groups in total. The summed E-state index contributed by atoms with van der Waals surface area (Å²) in [6, 6.07) is 7.43. The van der Waals surface area contributed by atoms with Crippen LogP contribution in [-0.4, -0.2) is 63.7 Å². The molecule has 0 spiro atoms. The van der Waals surface area contributed by atoms with E-state index in [1.165, 1.54) is 0 Å². The van der Waals surface area contributed by atoms with Crippen LogP contribution in [0.3, 0.4) is 0 Å². The highest BCUT2D eigenvalue weighted by molar-refractivity contribution is 14.0. The SMILES string of the molecule is CN=C(NCCSc1ccc(Cl)cc1)NCCC(=O)NC1CCS(=O)(=O)C1.I. The van der Waals surface area contributed by atoms with Gasteiger partial charge in [-0.05, 0) is 30.7 Å². The Labute approximate surface area is 192 Å². The number of aliphatic imine (C=N–C) groups is 1. The average Bonchev–Trinajstić information content (AvgIpc) is 2.96. The average molecular weight is 561 g/mol. The fraction of sp³-hybridized carbons (Fsp3) is 0.529. The van der Waals surface area contributed by atoms with Crippen LogP contribution in [0.2, 0.25) is 5.02 Å². The van der Waals surface area contributed by atoms with Gasteiger partial charge in [0.1, 0.15) is 0 Å². The highest BCUT2D eigenvalue weighted by Crippen LogP contribution is 2.19. The standard InChI is InChI=1S/C17H25ClN4O3S2.HI/c1-19-17(21-9-10-26-15-4-2-13(18)3-5-15)20-8-6-16(23)22-14-7-11-27(24,25)12-14;/h2-5,14H,6-12H2,1H3,(H,22,23)(H2,19,20,21);1H. The van der Waals surface area contributed by atoms with Gasteiger partial charge in [0.2, 0.25) is 5.91 Å². The number of nitrogens with zero attached hydrogens (tertiary/aromatic N) is 1. The van der Waals surface area contributed by atoms with Crippen molar-refractivity contribution in [1.29, 1.82) is 0 Å². The first kappa shape index (κ1) is 25.3. The van der Waals surface area contributed by atoms with E-state index in [0.29, 0.717) is 18.9 Å². The monoisotopic (exact) mass is 560 g/mol. The summed E-state index contributed by atoms with van der Waals surface area (Å²) in [4.78, 5) is 17.2. The minimum absolute atomic E-state index is 0. The number of carbonyl (C=O) groups excluding carboxylic acids is 1. The fourth-order valence-electron chi connectivity index (χ4n) is 2.59. The lowest BCUT2D eigenvalue weighted by Gasteiger charge is -2.13. The van der Waals surface area contributed by atoms with Crippen LogP contribution in [0.1, 0.15) is 12.8 Å². The number of carbonyl (C=O) groups is 1. The van der Waals surface area contributed by atoms with Crippen LogP contribution in [-0.2, 0) is 14.6 Å². The second-order valence-electron chi connectivity index (χ2n) is 6.15. The first-order valence-electron chi connectivity index (χ1n) is 8.70. The molecule has 1 saturated heterocycles. The first-order valence-corrected chi connectivity index (χ1v) is 11.9. The molecule has 1 unspecified atom stereocenters. The minimum Gasteiger partial charge on any atom is -0.356 e. The molecule has 1 heterocycles. The predicted molar refractivity (Wildman–Crippen MR) is 127 cm³/mol. The van der Waals surface area contributed by atoms with Gasteiger partial charge in [0.05, 0.1) is 11.5 Å². The van der Waals surface area contributed by atoms with Crippen LogP contribution in [0.4, 0.5) is 0 Å². The highest BCUT2D eigenvalue weighted by atomic mass is 127. The van der Waals surface area contributed by atoms with Gasteiger partial charge in [-0.15, -0.1) is 35.7 Å². The first-order chi connectivity index (χ1) is 12.9. The molecule has 1 fully saturated rings. The summed E-state index contributed by atoms with van der Waals surface area (Å²) in [7, 11) is -1.31. The van der Waals surface area contributed by atoms with Crippen LogP contribution in [0, 0.1) is 0 Å². The number of benzene rings is 1. The van der Waals surface area contributed by atoms with Crippen molar-refractivity contribution in [2.75, 3.05) is 37.4 Å². The summed E-state index contributed by atoms with van der Waals surface area (Å²) in [5, 5.41) is 9.76. The highest BCUT2D eigenvalue weighted by Gasteiger charge is 2.28. The second kappa shape index (κ2) is 12.8. The largest absolute Gasteiger partial charge is 0.356 e. The number of nitrogens with one attached hydrogen (secondary N) is 3. The molecule has 0 bridgehead atoms. The van der Waals surface area contributed by atoms with E-state index in [4.69, 9.17) is 11.6 Å². The summed E-state index contributed by atoms with van der Waals surface area (Å²) < 4.78 is 22.8. The van der Waals surface area contributed by atoms with Gasteiger partial charge < -0.3 is 16.0 Å². The van der Waals surface area contributed by atoms with Gasteiger partial charge in [0.15, 0.2) is 15.8 Å². The molecule has 0 aliphatic carbocycles. The van der Waals surface area contributed by atoms with E-state index in [9.17, 15) is 13.2 Å². The minimum atomic E-state index is -2.98. The van der Waals surface area contributed by atoms with Crippen LogP contribution in [0.5, 0.6) is 0 Å². The Kier molecular flexibility index (Phi) is 11.5. The number of hydrogen-bond donors (Lipinski definition) is 3. The number of amides is 1. The van der Waals surface area contributed by atoms with Crippen molar-refractivity contribution in [2.24, 2.45) is 4.99 Å². The Hall–Kier alpha value is -0.720. The normalized spacial score (nSPS) is 18.2. The maximum atomic E-state index is 11.9. The number of halogens is 2. The van der Waals surface area contributed by atoms with Crippen molar-refractivity contribution in [2.45, 2.75) is 23.8 Å². The lowest BCUT2D eigenvalue weighted by Crippen LogP contribution is -2.41. The molecule has 1 aromatic carbocycles. The zero-order valence-electron chi connectivity index (χ0n) is 15.6. The summed E-state index contributed by atoms with van der Waals surface area (Å²) in [5.41, 5.74) is 0. The number of thioether (sulfide) groups is 1. The Bertz CT molecular complexity index is 760. The molecule has 2 rings (SSSR count). The summed E-state index contributed by atoms with van der Waals surface area (Å²) in [6.45, 7) is 1.15. The zero-order valence-corrected chi connectivity index (χ0v) is 20.3. The van der Waals surface area contributed by atoms with Gasteiger partial charge in [-0.1, -0.05) is 11.6 Å². The molecule has 1 aliphatic heterocycles. The van der Waals surface area contributed by atoms with Gasteiger partial charge in [-0.2, -0.15) is 0 Å². The van der Waals surface area contributed by atoms with Crippen LogP contribution >= 0.6 is 47.3 Å². The van der Waals surface area contributed by atoms with E-state index >= 15 is 0 Å². The third-order valence-electron chi connectivity index (χ3n) is 3.94. The summed E-state index contributed by atoms with van der Waals surface area (Å²) in [6.07, 6.45) is 0.757. The summed E-state index contributed by atoms with van der Waals surface area (Å²) >= 11 is 7.57.